The number of carbonyl (C=O) groups excluding carboxylic acids is 1. The highest BCUT2D eigenvalue weighted by atomic mass is 79.9. The summed E-state index contributed by atoms with van der Waals surface area (Å²) in [7, 11) is 0. The van der Waals surface area contributed by atoms with Crippen LogP contribution in [0.1, 0.15) is 10.4 Å². The summed E-state index contributed by atoms with van der Waals surface area (Å²) in [5.74, 6) is -0.0325. The quantitative estimate of drug-likeness (QED) is 0.849. The molecular formula is C15H13BrFNO2. The molecule has 0 unspecified atom stereocenters. The Morgan fingerprint density at radius 1 is 1.20 bits per heavy atom. The molecule has 3 nitrogen and oxygen atoms in total. The first-order valence-corrected chi connectivity index (χ1v) is 6.87. The fourth-order valence-electron chi connectivity index (χ4n) is 1.62. The molecule has 0 atom stereocenters. The zero-order valence-electron chi connectivity index (χ0n) is 10.6. The minimum absolute atomic E-state index is 0.297. The summed E-state index contributed by atoms with van der Waals surface area (Å²) < 4.78 is 19.3. The second kappa shape index (κ2) is 7.05. The number of halogens is 2. The van der Waals surface area contributed by atoms with Crippen LogP contribution in [0.2, 0.25) is 0 Å². The largest absolute Gasteiger partial charge is 0.491 e. The smallest absolute Gasteiger partial charge is 0.251 e. The van der Waals surface area contributed by atoms with Crippen LogP contribution in [-0.2, 0) is 0 Å². The Morgan fingerprint density at radius 3 is 2.75 bits per heavy atom. The fraction of sp³-hybridized carbons (Fsp3) is 0.133. The van der Waals surface area contributed by atoms with Gasteiger partial charge in [0.15, 0.2) is 0 Å². The average molecular weight is 338 g/mol. The minimum atomic E-state index is -0.429. The molecule has 0 radical (unpaired) electrons. The molecule has 0 aliphatic carbocycles. The van der Waals surface area contributed by atoms with Crippen LogP contribution < -0.4 is 10.1 Å². The zero-order chi connectivity index (χ0) is 14.4. The predicted molar refractivity (Wildman–Crippen MR) is 78.4 cm³/mol. The van der Waals surface area contributed by atoms with E-state index in [9.17, 15) is 9.18 Å². The van der Waals surface area contributed by atoms with Crippen molar-refractivity contribution in [2.45, 2.75) is 0 Å². The number of rotatable bonds is 5. The summed E-state index contributed by atoms with van der Waals surface area (Å²) >= 11 is 3.37. The van der Waals surface area contributed by atoms with Crippen LogP contribution in [0, 0.1) is 5.82 Å². The van der Waals surface area contributed by atoms with Crippen molar-refractivity contribution in [2.24, 2.45) is 0 Å². The molecule has 2 rings (SSSR count). The Labute approximate surface area is 124 Å². The molecule has 2 aromatic rings. The third-order valence-electron chi connectivity index (χ3n) is 2.57. The first-order chi connectivity index (χ1) is 9.66. The number of hydrogen-bond donors (Lipinski definition) is 1. The van der Waals surface area contributed by atoms with Crippen molar-refractivity contribution in [2.75, 3.05) is 13.2 Å². The van der Waals surface area contributed by atoms with Crippen LogP contribution in [0.15, 0.2) is 53.0 Å². The van der Waals surface area contributed by atoms with Gasteiger partial charge in [-0.2, -0.15) is 0 Å². The standard InChI is InChI=1S/C15H13BrFNO2/c16-13-6-1-2-7-14(13)20-9-8-18-15(19)11-4-3-5-12(17)10-11/h1-7,10H,8-9H2,(H,18,19). The molecule has 0 saturated heterocycles. The van der Waals surface area contributed by atoms with Crippen molar-refractivity contribution in [1.29, 1.82) is 0 Å². The lowest BCUT2D eigenvalue weighted by molar-refractivity contribution is 0.0946. The molecule has 1 amide bonds. The van der Waals surface area contributed by atoms with Crippen molar-refractivity contribution >= 4 is 21.8 Å². The van der Waals surface area contributed by atoms with Gasteiger partial charge in [0.1, 0.15) is 18.2 Å². The number of benzene rings is 2. The number of hydrogen-bond acceptors (Lipinski definition) is 2. The fourth-order valence-corrected chi connectivity index (χ4v) is 2.02. The van der Waals surface area contributed by atoms with Crippen molar-refractivity contribution in [1.82, 2.24) is 5.32 Å². The number of carbonyl (C=O) groups is 1. The van der Waals surface area contributed by atoms with Crippen LogP contribution in [0.5, 0.6) is 5.75 Å². The maximum Gasteiger partial charge on any atom is 0.251 e. The minimum Gasteiger partial charge on any atom is -0.491 e. The van der Waals surface area contributed by atoms with Crippen LogP contribution >= 0.6 is 15.9 Å². The highest BCUT2D eigenvalue weighted by molar-refractivity contribution is 9.10. The lowest BCUT2D eigenvalue weighted by atomic mass is 10.2. The number of ether oxygens (including phenoxy) is 1. The van der Waals surface area contributed by atoms with Crippen LogP contribution in [0.3, 0.4) is 0 Å². The van der Waals surface area contributed by atoms with Crippen molar-refractivity contribution < 1.29 is 13.9 Å². The Hall–Kier alpha value is -1.88. The van der Waals surface area contributed by atoms with E-state index in [1.165, 1.54) is 18.2 Å². The predicted octanol–water partition coefficient (Wildman–Crippen LogP) is 3.40. The van der Waals surface area contributed by atoms with Crippen LogP contribution in [-0.4, -0.2) is 19.1 Å². The maximum absolute atomic E-state index is 13.0. The van der Waals surface area contributed by atoms with Gasteiger partial charge in [-0.05, 0) is 46.3 Å². The summed E-state index contributed by atoms with van der Waals surface area (Å²) in [6.07, 6.45) is 0. The van der Waals surface area contributed by atoms with Gasteiger partial charge in [-0.25, -0.2) is 4.39 Å². The molecule has 104 valence electrons. The third-order valence-corrected chi connectivity index (χ3v) is 3.22. The van der Waals surface area contributed by atoms with E-state index in [1.807, 2.05) is 24.3 Å². The van der Waals surface area contributed by atoms with Gasteiger partial charge in [-0.1, -0.05) is 18.2 Å². The molecule has 0 spiro atoms. The Balaban J connectivity index is 1.79. The van der Waals surface area contributed by atoms with E-state index in [0.29, 0.717) is 24.5 Å². The summed E-state index contributed by atoms with van der Waals surface area (Å²) in [6, 6.07) is 13.0. The van der Waals surface area contributed by atoms with E-state index < -0.39 is 5.82 Å². The van der Waals surface area contributed by atoms with Gasteiger partial charge in [0, 0.05) is 5.56 Å². The molecule has 0 saturated carbocycles. The lowest BCUT2D eigenvalue weighted by Gasteiger charge is -2.09. The van der Waals surface area contributed by atoms with E-state index in [4.69, 9.17) is 4.74 Å². The molecule has 1 N–H and O–H groups in total. The normalized spacial score (nSPS) is 10.1. The second-order valence-corrected chi connectivity index (χ2v) is 4.90. The first kappa shape index (κ1) is 14.5. The third kappa shape index (κ3) is 4.06. The van der Waals surface area contributed by atoms with E-state index in [0.717, 1.165) is 4.47 Å². The lowest BCUT2D eigenvalue weighted by Crippen LogP contribution is -2.28. The number of nitrogens with one attached hydrogen (secondary N) is 1. The molecule has 0 aromatic heterocycles. The summed E-state index contributed by atoms with van der Waals surface area (Å²) in [5.41, 5.74) is 0.297. The van der Waals surface area contributed by atoms with E-state index in [1.54, 1.807) is 6.07 Å². The first-order valence-electron chi connectivity index (χ1n) is 6.08. The maximum atomic E-state index is 13.0. The topological polar surface area (TPSA) is 38.3 Å². The molecule has 2 aromatic carbocycles. The van der Waals surface area contributed by atoms with Gasteiger partial charge in [0.2, 0.25) is 0 Å². The molecule has 5 heteroatoms. The number of amides is 1. The highest BCUT2D eigenvalue weighted by Crippen LogP contribution is 2.23. The molecule has 0 fully saturated rings. The van der Waals surface area contributed by atoms with E-state index in [-0.39, 0.29) is 5.91 Å². The monoisotopic (exact) mass is 337 g/mol. The van der Waals surface area contributed by atoms with Crippen molar-refractivity contribution in [3.05, 3.63) is 64.4 Å². The van der Waals surface area contributed by atoms with Gasteiger partial charge in [0.25, 0.3) is 5.91 Å². The molecule has 20 heavy (non-hydrogen) atoms. The summed E-state index contributed by atoms with van der Waals surface area (Å²) in [5, 5.41) is 2.67. The molecular weight excluding hydrogens is 325 g/mol. The van der Waals surface area contributed by atoms with Gasteiger partial charge in [-0.15, -0.1) is 0 Å². The van der Waals surface area contributed by atoms with E-state index in [2.05, 4.69) is 21.2 Å². The Bertz CT molecular complexity index is 604. The molecule has 0 aliphatic heterocycles. The highest BCUT2D eigenvalue weighted by Gasteiger charge is 2.05. The SMILES string of the molecule is O=C(NCCOc1ccccc1Br)c1cccc(F)c1. The van der Waals surface area contributed by atoms with Crippen LogP contribution in [0.4, 0.5) is 4.39 Å². The Kier molecular flexibility index (Phi) is 5.12. The van der Waals surface area contributed by atoms with Gasteiger partial charge < -0.3 is 10.1 Å². The van der Waals surface area contributed by atoms with Crippen molar-refractivity contribution in [3.63, 3.8) is 0 Å². The summed E-state index contributed by atoms with van der Waals surface area (Å²) in [4.78, 5) is 11.7. The van der Waals surface area contributed by atoms with Gasteiger partial charge in [0.05, 0.1) is 11.0 Å². The number of para-hydroxylation sites is 1. The van der Waals surface area contributed by atoms with E-state index >= 15 is 0 Å². The van der Waals surface area contributed by atoms with Crippen molar-refractivity contribution in [3.8, 4) is 5.75 Å². The zero-order valence-corrected chi connectivity index (χ0v) is 12.2. The molecule has 0 aliphatic rings. The second-order valence-electron chi connectivity index (χ2n) is 4.05. The van der Waals surface area contributed by atoms with Gasteiger partial charge >= 0.3 is 0 Å². The van der Waals surface area contributed by atoms with Gasteiger partial charge in [-0.3, -0.25) is 4.79 Å². The molecule has 0 bridgehead atoms. The molecule has 0 heterocycles. The Morgan fingerprint density at radius 2 is 2.00 bits per heavy atom. The average Bonchev–Trinajstić information content (AvgIpc) is 2.45. The van der Waals surface area contributed by atoms with Crippen LogP contribution in [0.25, 0.3) is 0 Å². The summed E-state index contributed by atoms with van der Waals surface area (Å²) in [6.45, 7) is 0.681.